The molecule has 1 aromatic rings. The summed E-state index contributed by atoms with van der Waals surface area (Å²) in [6.45, 7) is 10.2. The highest BCUT2D eigenvalue weighted by atomic mass is 32.2. The van der Waals surface area contributed by atoms with Gasteiger partial charge in [0.25, 0.3) is 10.0 Å². The Labute approximate surface area is 183 Å². The zero-order chi connectivity index (χ0) is 23.4. The number of nitrogens with zero attached hydrogens (tertiary/aromatic N) is 2. The third kappa shape index (κ3) is 5.12. The smallest absolute Gasteiger partial charge is 0.424 e. The van der Waals surface area contributed by atoms with Gasteiger partial charge in [0.15, 0.2) is 6.23 Å². The first kappa shape index (κ1) is 23.3. The Balaban J connectivity index is 1.88. The number of rotatable bonds is 3. The minimum absolute atomic E-state index is 0.00929. The van der Waals surface area contributed by atoms with Crippen molar-refractivity contribution >= 4 is 22.2 Å². The van der Waals surface area contributed by atoms with Gasteiger partial charge in [0.1, 0.15) is 11.2 Å². The fraction of sp³-hybridized carbons (Fsp3) is 0.619. The monoisotopic (exact) mass is 454 g/mol. The van der Waals surface area contributed by atoms with Crippen LogP contribution in [0.25, 0.3) is 0 Å². The van der Waals surface area contributed by atoms with E-state index in [1.165, 1.54) is 18.2 Å². The van der Waals surface area contributed by atoms with E-state index in [0.29, 0.717) is 24.0 Å². The molecular weight excluding hydrogens is 424 g/mol. The number of sulfonamides is 1. The molecule has 1 N–H and O–H groups in total. The topological polar surface area (TPSA) is 113 Å². The maximum atomic E-state index is 13.3. The van der Waals surface area contributed by atoms with E-state index in [-0.39, 0.29) is 11.4 Å². The molecule has 2 aliphatic rings. The Hall–Kier alpha value is -2.33. The first-order valence-electron chi connectivity index (χ1n) is 10.2. The fourth-order valence-electron chi connectivity index (χ4n) is 3.23. The average Bonchev–Trinajstić information content (AvgIpc) is 3.34. The third-order valence-electron chi connectivity index (χ3n) is 4.67. The van der Waals surface area contributed by atoms with Gasteiger partial charge in [-0.3, -0.25) is 4.90 Å². The lowest BCUT2D eigenvalue weighted by Crippen LogP contribution is -2.42. The van der Waals surface area contributed by atoms with Gasteiger partial charge in [-0.2, -0.15) is 4.31 Å². The van der Waals surface area contributed by atoms with E-state index in [9.17, 15) is 23.1 Å². The first-order valence-corrected chi connectivity index (χ1v) is 11.6. The van der Waals surface area contributed by atoms with Crippen LogP contribution in [-0.4, -0.2) is 52.2 Å². The standard InChI is InChI=1S/C21H30N2O7S/c1-20(2,3)29-18(25)22-12-13-11-15(9-10-16(13)17(22)24)31(27,28)23(14-7-8-14)19(26)30-21(4,5)6/h9-11,14,17,24H,7-8,12H2,1-6H3. The fourth-order valence-corrected chi connectivity index (χ4v) is 4.82. The summed E-state index contributed by atoms with van der Waals surface area (Å²) in [5.74, 6) is 0. The third-order valence-corrected chi connectivity index (χ3v) is 6.48. The van der Waals surface area contributed by atoms with Crippen molar-refractivity contribution in [3.05, 3.63) is 29.3 Å². The quantitative estimate of drug-likeness (QED) is 0.743. The van der Waals surface area contributed by atoms with E-state index in [1.807, 2.05) is 0 Å². The molecule has 1 atom stereocenters. The van der Waals surface area contributed by atoms with Gasteiger partial charge in [0.2, 0.25) is 0 Å². The molecule has 1 fully saturated rings. The van der Waals surface area contributed by atoms with Crippen LogP contribution in [0, 0.1) is 0 Å². The molecule has 0 spiro atoms. The second-order valence-corrected chi connectivity index (χ2v) is 11.7. The van der Waals surface area contributed by atoms with Crippen molar-refractivity contribution in [1.29, 1.82) is 0 Å². The number of aliphatic hydroxyl groups is 1. The molecule has 31 heavy (non-hydrogen) atoms. The van der Waals surface area contributed by atoms with Gasteiger partial charge >= 0.3 is 12.2 Å². The van der Waals surface area contributed by atoms with Gasteiger partial charge in [-0.1, -0.05) is 6.07 Å². The number of ether oxygens (including phenoxy) is 2. The van der Waals surface area contributed by atoms with E-state index in [1.54, 1.807) is 41.5 Å². The van der Waals surface area contributed by atoms with Crippen LogP contribution >= 0.6 is 0 Å². The molecule has 3 rings (SSSR count). The van der Waals surface area contributed by atoms with Crippen LogP contribution in [0.3, 0.4) is 0 Å². The average molecular weight is 455 g/mol. The molecule has 9 nitrogen and oxygen atoms in total. The van der Waals surface area contributed by atoms with E-state index >= 15 is 0 Å². The molecule has 2 amide bonds. The van der Waals surface area contributed by atoms with E-state index < -0.39 is 45.7 Å². The van der Waals surface area contributed by atoms with Crippen LogP contribution in [0.1, 0.15) is 71.7 Å². The molecular formula is C21H30N2O7S. The predicted molar refractivity (Wildman–Crippen MR) is 111 cm³/mol. The number of benzene rings is 1. The van der Waals surface area contributed by atoms with Crippen molar-refractivity contribution in [3.63, 3.8) is 0 Å². The van der Waals surface area contributed by atoms with Crippen molar-refractivity contribution in [2.24, 2.45) is 0 Å². The number of carbonyl (C=O) groups is 2. The molecule has 1 heterocycles. The molecule has 1 aliphatic carbocycles. The number of hydrogen-bond acceptors (Lipinski definition) is 7. The maximum Gasteiger partial charge on any atom is 0.424 e. The maximum absolute atomic E-state index is 13.3. The SMILES string of the molecule is CC(C)(C)OC(=O)N1Cc2cc(S(=O)(=O)N(C(=O)OC(C)(C)C)C3CC3)ccc2C1O. The van der Waals surface area contributed by atoms with Gasteiger partial charge in [0.05, 0.1) is 17.5 Å². The van der Waals surface area contributed by atoms with Crippen LogP contribution in [0.2, 0.25) is 0 Å². The predicted octanol–water partition coefficient (Wildman–Crippen LogP) is 3.52. The lowest BCUT2D eigenvalue weighted by Gasteiger charge is -2.27. The minimum Gasteiger partial charge on any atom is -0.444 e. The number of amides is 2. The van der Waals surface area contributed by atoms with Crippen molar-refractivity contribution in [2.45, 2.75) is 89.3 Å². The lowest BCUT2D eigenvalue weighted by atomic mass is 10.1. The summed E-state index contributed by atoms with van der Waals surface area (Å²) >= 11 is 0. The summed E-state index contributed by atoms with van der Waals surface area (Å²) in [7, 11) is -4.17. The molecule has 10 heteroatoms. The second kappa shape index (κ2) is 7.67. The summed E-state index contributed by atoms with van der Waals surface area (Å²) in [5, 5.41) is 10.5. The Bertz CT molecular complexity index is 988. The summed E-state index contributed by atoms with van der Waals surface area (Å²) in [5.41, 5.74) is -0.687. The Morgan fingerprint density at radius 1 is 1.06 bits per heavy atom. The zero-order valence-corrected chi connectivity index (χ0v) is 19.5. The van der Waals surface area contributed by atoms with Gasteiger partial charge in [-0.15, -0.1) is 0 Å². The summed E-state index contributed by atoms with van der Waals surface area (Å²) in [6.07, 6.45) is -1.70. The first-order chi connectivity index (χ1) is 14.1. The number of carbonyl (C=O) groups excluding carboxylic acids is 2. The van der Waals surface area contributed by atoms with Gasteiger partial charge in [0, 0.05) is 5.56 Å². The normalized spacial score (nSPS) is 19.1. The summed E-state index contributed by atoms with van der Waals surface area (Å²) < 4.78 is 38.0. The molecule has 0 bridgehead atoms. The Morgan fingerprint density at radius 3 is 2.16 bits per heavy atom. The van der Waals surface area contributed by atoms with Gasteiger partial charge in [-0.05, 0) is 72.1 Å². The van der Waals surface area contributed by atoms with Crippen LogP contribution < -0.4 is 0 Å². The Kier molecular flexibility index (Phi) is 5.77. The minimum atomic E-state index is -4.17. The summed E-state index contributed by atoms with van der Waals surface area (Å²) in [6, 6.07) is 3.74. The molecule has 1 unspecified atom stereocenters. The highest BCUT2D eigenvalue weighted by Gasteiger charge is 2.44. The van der Waals surface area contributed by atoms with Crippen molar-refractivity contribution in [1.82, 2.24) is 9.21 Å². The van der Waals surface area contributed by atoms with Crippen LogP contribution in [0.15, 0.2) is 23.1 Å². The number of aliphatic hydroxyl groups excluding tert-OH is 1. The van der Waals surface area contributed by atoms with E-state index in [4.69, 9.17) is 9.47 Å². The summed E-state index contributed by atoms with van der Waals surface area (Å²) in [4.78, 5) is 26.1. The van der Waals surface area contributed by atoms with E-state index in [2.05, 4.69) is 0 Å². The Morgan fingerprint density at radius 2 is 1.65 bits per heavy atom. The van der Waals surface area contributed by atoms with Crippen molar-refractivity contribution in [3.8, 4) is 0 Å². The second-order valence-electron chi connectivity index (χ2n) is 9.85. The van der Waals surface area contributed by atoms with Gasteiger partial charge < -0.3 is 14.6 Å². The highest BCUT2D eigenvalue weighted by molar-refractivity contribution is 7.89. The molecule has 172 valence electrons. The largest absolute Gasteiger partial charge is 0.444 e. The van der Waals surface area contributed by atoms with Gasteiger partial charge in [-0.25, -0.2) is 18.0 Å². The van der Waals surface area contributed by atoms with Crippen LogP contribution in [0.4, 0.5) is 9.59 Å². The van der Waals surface area contributed by atoms with Crippen molar-refractivity contribution in [2.75, 3.05) is 0 Å². The molecule has 0 aromatic heterocycles. The van der Waals surface area contributed by atoms with Crippen LogP contribution in [0.5, 0.6) is 0 Å². The van der Waals surface area contributed by atoms with Crippen molar-refractivity contribution < 1.29 is 32.6 Å². The molecule has 1 aliphatic heterocycles. The highest BCUT2D eigenvalue weighted by Crippen LogP contribution is 2.37. The molecule has 0 radical (unpaired) electrons. The molecule has 1 saturated carbocycles. The molecule has 0 saturated heterocycles. The van der Waals surface area contributed by atoms with E-state index in [0.717, 1.165) is 9.21 Å². The number of hydrogen-bond donors (Lipinski definition) is 1. The molecule has 1 aromatic carbocycles. The van der Waals surface area contributed by atoms with Crippen LogP contribution in [-0.2, 0) is 26.0 Å². The zero-order valence-electron chi connectivity index (χ0n) is 18.7. The number of fused-ring (bicyclic) bond motifs is 1. The lowest BCUT2D eigenvalue weighted by molar-refractivity contribution is -0.0258.